The molecule has 0 saturated heterocycles. The van der Waals surface area contributed by atoms with Gasteiger partial charge in [0.1, 0.15) is 18.3 Å². The molecule has 0 saturated carbocycles. The van der Waals surface area contributed by atoms with Gasteiger partial charge in [0.25, 0.3) is 0 Å². The Balaban J connectivity index is 2.43. The molecule has 11 heteroatoms. The molecule has 0 spiro atoms. The number of sulfonamides is 1. The first-order chi connectivity index (χ1) is 16.0. The van der Waals surface area contributed by atoms with Crippen LogP contribution in [0.25, 0.3) is 0 Å². The van der Waals surface area contributed by atoms with Gasteiger partial charge in [-0.2, -0.15) is 0 Å². The van der Waals surface area contributed by atoms with Gasteiger partial charge in [-0.05, 0) is 49.2 Å². The number of rotatable bonds is 11. The molecule has 2 rings (SSSR count). The zero-order valence-corrected chi connectivity index (χ0v) is 21.9. The first-order valence-corrected chi connectivity index (χ1v) is 13.2. The summed E-state index contributed by atoms with van der Waals surface area (Å²) in [6.07, 6.45) is 1.71. The Morgan fingerprint density at radius 2 is 1.85 bits per heavy atom. The van der Waals surface area contributed by atoms with Crippen LogP contribution >= 0.6 is 23.2 Å². The van der Waals surface area contributed by atoms with Crippen molar-refractivity contribution < 1.29 is 22.7 Å². The molecule has 1 N–H and O–H groups in total. The fraction of sp³-hybridized carbons (Fsp3) is 0.391. The van der Waals surface area contributed by atoms with E-state index in [4.69, 9.17) is 27.9 Å². The van der Waals surface area contributed by atoms with Crippen molar-refractivity contribution in [3.63, 3.8) is 0 Å². The van der Waals surface area contributed by atoms with Crippen LogP contribution in [-0.2, 0) is 26.2 Å². The van der Waals surface area contributed by atoms with Crippen molar-refractivity contribution in [1.82, 2.24) is 10.2 Å². The van der Waals surface area contributed by atoms with Crippen molar-refractivity contribution in [2.45, 2.75) is 32.9 Å². The molecule has 0 aromatic heterocycles. The Labute approximate surface area is 210 Å². The maximum absolute atomic E-state index is 13.5. The van der Waals surface area contributed by atoms with E-state index in [-0.39, 0.29) is 28.2 Å². The average Bonchev–Trinajstić information content (AvgIpc) is 2.79. The minimum atomic E-state index is -3.91. The minimum absolute atomic E-state index is 0.0671. The van der Waals surface area contributed by atoms with Crippen LogP contribution in [0.3, 0.4) is 0 Å². The van der Waals surface area contributed by atoms with E-state index in [0.29, 0.717) is 12.3 Å². The number of halogens is 2. The summed E-state index contributed by atoms with van der Waals surface area (Å²) in [6, 6.07) is 10.6. The van der Waals surface area contributed by atoms with Crippen LogP contribution in [0, 0.1) is 0 Å². The first kappa shape index (κ1) is 27.8. The highest BCUT2D eigenvalue weighted by Gasteiger charge is 2.30. The van der Waals surface area contributed by atoms with Gasteiger partial charge >= 0.3 is 0 Å². The van der Waals surface area contributed by atoms with E-state index in [1.807, 2.05) is 6.92 Å². The number of hydrogen-bond acceptors (Lipinski definition) is 5. The predicted molar refractivity (Wildman–Crippen MR) is 135 cm³/mol. The molecule has 0 fully saturated rings. The molecule has 0 aliphatic rings. The topological polar surface area (TPSA) is 96.0 Å². The van der Waals surface area contributed by atoms with E-state index in [1.54, 1.807) is 31.2 Å². The summed E-state index contributed by atoms with van der Waals surface area (Å²) in [4.78, 5) is 27.5. The van der Waals surface area contributed by atoms with Crippen LogP contribution in [0.1, 0.15) is 25.8 Å². The number of amides is 2. The quantitative estimate of drug-likeness (QED) is 0.478. The van der Waals surface area contributed by atoms with Gasteiger partial charge in [-0.15, -0.1) is 0 Å². The van der Waals surface area contributed by atoms with Gasteiger partial charge < -0.3 is 15.0 Å². The average molecular weight is 530 g/mol. The number of ether oxygens (including phenoxy) is 1. The zero-order valence-electron chi connectivity index (χ0n) is 19.5. The number of nitrogens with one attached hydrogen (secondary N) is 1. The summed E-state index contributed by atoms with van der Waals surface area (Å²) in [6.45, 7) is 3.48. The summed E-state index contributed by atoms with van der Waals surface area (Å²) in [7, 11) is -2.38. The SMILES string of the molecule is CCCNC(=O)[C@@H](C)N(Cc1cccc(OC)c1)C(=O)CN(c1cc(Cl)ccc1Cl)S(C)(=O)=O. The molecule has 34 heavy (non-hydrogen) atoms. The van der Waals surface area contributed by atoms with Crippen LogP contribution in [0.2, 0.25) is 10.0 Å². The van der Waals surface area contributed by atoms with Gasteiger partial charge in [-0.1, -0.05) is 42.3 Å². The van der Waals surface area contributed by atoms with E-state index in [1.165, 1.54) is 30.2 Å². The molecule has 0 bridgehead atoms. The third-order valence-electron chi connectivity index (χ3n) is 5.06. The van der Waals surface area contributed by atoms with E-state index in [2.05, 4.69) is 5.32 Å². The molecule has 0 aliphatic carbocycles. The summed E-state index contributed by atoms with van der Waals surface area (Å²) in [5, 5.41) is 3.17. The second-order valence-electron chi connectivity index (χ2n) is 7.71. The molecule has 0 unspecified atom stereocenters. The van der Waals surface area contributed by atoms with Gasteiger partial charge in [-0.3, -0.25) is 13.9 Å². The van der Waals surface area contributed by atoms with Crippen molar-refractivity contribution in [3.8, 4) is 5.75 Å². The first-order valence-electron chi connectivity index (χ1n) is 10.6. The smallest absolute Gasteiger partial charge is 0.244 e. The Hall–Kier alpha value is -2.49. The van der Waals surface area contributed by atoms with Gasteiger partial charge in [0.15, 0.2) is 0 Å². The summed E-state index contributed by atoms with van der Waals surface area (Å²) >= 11 is 12.3. The minimum Gasteiger partial charge on any atom is -0.497 e. The molecule has 2 aromatic rings. The summed E-state index contributed by atoms with van der Waals surface area (Å²) < 4.78 is 31.3. The lowest BCUT2D eigenvalue weighted by Gasteiger charge is -2.31. The molecular weight excluding hydrogens is 501 g/mol. The Bertz CT molecular complexity index is 1130. The van der Waals surface area contributed by atoms with Crippen LogP contribution in [0.4, 0.5) is 5.69 Å². The molecular formula is C23H29Cl2N3O5S. The monoisotopic (exact) mass is 529 g/mol. The highest BCUT2D eigenvalue weighted by atomic mass is 35.5. The van der Waals surface area contributed by atoms with Crippen molar-refractivity contribution in [3.05, 3.63) is 58.1 Å². The number of hydrogen-bond donors (Lipinski definition) is 1. The second-order valence-corrected chi connectivity index (χ2v) is 10.5. The van der Waals surface area contributed by atoms with E-state index in [9.17, 15) is 18.0 Å². The Kier molecular flexibility index (Phi) is 10.0. The second kappa shape index (κ2) is 12.3. The summed E-state index contributed by atoms with van der Waals surface area (Å²) in [5.74, 6) is -0.329. The van der Waals surface area contributed by atoms with Gasteiger partial charge in [0.2, 0.25) is 21.8 Å². The highest BCUT2D eigenvalue weighted by molar-refractivity contribution is 7.92. The van der Waals surface area contributed by atoms with Crippen LogP contribution in [0.15, 0.2) is 42.5 Å². The predicted octanol–water partition coefficient (Wildman–Crippen LogP) is 3.71. The largest absolute Gasteiger partial charge is 0.497 e. The van der Waals surface area contributed by atoms with Gasteiger partial charge in [0, 0.05) is 18.1 Å². The number of methoxy groups -OCH3 is 1. The van der Waals surface area contributed by atoms with E-state index >= 15 is 0 Å². The van der Waals surface area contributed by atoms with Crippen molar-refractivity contribution in [2.24, 2.45) is 0 Å². The third kappa shape index (κ3) is 7.51. The lowest BCUT2D eigenvalue weighted by atomic mass is 10.1. The lowest BCUT2D eigenvalue weighted by molar-refractivity contribution is -0.139. The molecule has 2 amide bonds. The van der Waals surface area contributed by atoms with Crippen molar-refractivity contribution in [2.75, 3.05) is 30.8 Å². The van der Waals surface area contributed by atoms with E-state index < -0.39 is 28.5 Å². The van der Waals surface area contributed by atoms with Crippen LogP contribution in [-0.4, -0.2) is 57.6 Å². The Morgan fingerprint density at radius 3 is 2.47 bits per heavy atom. The van der Waals surface area contributed by atoms with Crippen LogP contribution < -0.4 is 14.4 Å². The molecule has 0 radical (unpaired) electrons. The molecule has 186 valence electrons. The number of nitrogens with zero attached hydrogens (tertiary/aromatic N) is 2. The molecule has 0 heterocycles. The Morgan fingerprint density at radius 1 is 1.15 bits per heavy atom. The fourth-order valence-electron chi connectivity index (χ4n) is 3.22. The number of anilines is 1. The third-order valence-corrected chi connectivity index (χ3v) is 6.74. The number of carbonyl (C=O) groups excluding carboxylic acids is 2. The lowest BCUT2D eigenvalue weighted by Crippen LogP contribution is -2.51. The zero-order chi connectivity index (χ0) is 25.5. The molecule has 1 atom stereocenters. The highest BCUT2D eigenvalue weighted by Crippen LogP contribution is 2.31. The maximum atomic E-state index is 13.5. The van der Waals surface area contributed by atoms with Gasteiger partial charge in [0.05, 0.1) is 24.1 Å². The van der Waals surface area contributed by atoms with E-state index in [0.717, 1.165) is 22.5 Å². The van der Waals surface area contributed by atoms with Crippen LogP contribution in [0.5, 0.6) is 5.75 Å². The normalized spacial score (nSPS) is 12.1. The number of benzene rings is 2. The molecule has 2 aromatic carbocycles. The molecule has 8 nitrogen and oxygen atoms in total. The fourth-order valence-corrected chi connectivity index (χ4v) is 4.51. The van der Waals surface area contributed by atoms with Crippen molar-refractivity contribution >= 4 is 50.7 Å². The standard InChI is InChI=1S/C23H29Cl2N3O5S/c1-5-11-26-23(30)16(2)27(14-17-7-6-8-19(12-17)33-3)22(29)15-28(34(4,31)32)21-13-18(24)9-10-20(21)25/h6-10,12-13,16H,5,11,14-15H2,1-4H3,(H,26,30)/t16-/m1/s1. The summed E-state index contributed by atoms with van der Waals surface area (Å²) in [5.41, 5.74) is 0.795. The maximum Gasteiger partial charge on any atom is 0.244 e. The number of carbonyl (C=O) groups is 2. The van der Waals surface area contributed by atoms with Crippen molar-refractivity contribution in [1.29, 1.82) is 0 Å². The van der Waals surface area contributed by atoms with Gasteiger partial charge in [-0.25, -0.2) is 8.42 Å². The molecule has 0 aliphatic heterocycles.